The fourth-order valence-corrected chi connectivity index (χ4v) is 0.890. The number of carbonyl (C=O) groups is 3. The lowest BCUT2D eigenvalue weighted by atomic mass is 10.2. The molecule has 5 nitrogen and oxygen atoms in total. The third kappa shape index (κ3) is 4.96. The number of ether oxygens (including phenoxy) is 1. The van der Waals surface area contributed by atoms with E-state index in [0.29, 0.717) is 0 Å². The maximum Gasteiger partial charge on any atom is 0.471 e. The number of halogens is 4. The van der Waals surface area contributed by atoms with Crippen molar-refractivity contribution in [2.24, 2.45) is 0 Å². The standard InChI is InChI=1S/C7H7ClF3NO4/c1-16-5(14)3(2-4(8)13)12-6(15)7(9,10)11/h3H,2H2,1H3,(H,12,15). The number of nitrogens with one attached hydrogen (secondary N) is 1. The first-order valence-electron chi connectivity index (χ1n) is 3.82. The Bertz CT molecular complexity index is 304. The van der Waals surface area contributed by atoms with Gasteiger partial charge >= 0.3 is 18.1 Å². The number of carbonyl (C=O) groups excluding carboxylic acids is 3. The van der Waals surface area contributed by atoms with E-state index in [2.05, 4.69) is 4.74 Å². The molecule has 0 spiro atoms. The van der Waals surface area contributed by atoms with Crippen LogP contribution in [0.1, 0.15) is 6.42 Å². The Balaban J connectivity index is 4.61. The Labute approximate surface area is 92.9 Å². The molecule has 92 valence electrons. The quantitative estimate of drug-likeness (QED) is 0.586. The van der Waals surface area contributed by atoms with E-state index in [1.807, 2.05) is 0 Å². The van der Waals surface area contributed by atoms with Crippen molar-refractivity contribution in [3.8, 4) is 0 Å². The van der Waals surface area contributed by atoms with Gasteiger partial charge in [0.2, 0.25) is 5.24 Å². The van der Waals surface area contributed by atoms with Crippen molar-refractivity contribution in [2.75, 3.05) is 7.11 Å². The van der Waals surface area contributed by atoms with Gasteiger partial charge in [-0.25, -0.2) is 4.79 Å². The van der Waals surface area contributed by atoms with Gasteiger partial charge in [0, 0.05) is 0 Å². The summed E-state index contributed by atoms with van der Waals surface area (Å²) in [4.78, 5) is 31.8. The third-order valence-electron chi connectivity index (χ3n) is 1.41. The first-order valence-corrected chi connectivity index (χ1v) is 4.20. The zero-order chi connectivity index (χ0) is 12.9. The highest BCUT2D eigenvalue weighted by Crippen LogP contribution is 2.15. The summed E-state index contributed by atoms with van der Waals surface area (Å²) in [5, 5.41) is 0.224. The van der Waals surface area contributed by atoms with E-state index >= 15 is 0 Å². The van der Waals surface area contributed by atoms with E-state index < -0.39 is 35.8 Å². The summed E-state index contributed by atoms with van der Waals surface area (Å²) in [5.41, 5.74) is 0. The van der Waals surface area contributed by atoms with Crippen LogP contribution in [0.2, 0.25) is 0 Å². The fraction of sp³-hybridized carbons (Fsp3) is 0.571. The number of amides is 1. The maximum atomic E-state index is 11.8. The number of methoxy groups -OCH3 is 1. The van der Waals surface area contributed by atoms with Crippen molar-refractivity contribution in [1.82, 2.24) is 5.32 Å². The molecule has 0 rings (SSSR count). The van der Waals surface area contributed by atoms with Crippen LogP contribution in [0.15, 0.2) is 0 Å². The van der Waals surface area contributed by atoms with Crippen LogP contribution in [0.3, 0.4) is 0 Å². The SMILES string of the molecule is COC(=O)C(CC(=O)Cl)NC(=O)C(F)(F)F. The average molecular weight is 262 g/mol. The van der Waals surface area contributed by atoms with E-state index in [0.717, 1.165) is 7.11 Å². The number of hydrogen-bond donors (Lipinski definition) is 1. The van der Waals surface area contributed by atoms with Gasteiger partial charge in [-0.15, -0.1) is 0 Å². The van der Waals surface area contributed by atoms with Gasteiger partial charge in [-0.3, -0.25) is 9.59 Å². The predicted octanol–water partition coefficient (Wildman–Crippen LogP) is 0.362. The van der Waals surface area contributed by atoms with Crippen LogP contribution in [0.25, 0.3) is 0 Å². The molecule has 0 fully saturated rings. The van der Waals surface area contributed by atoms with E-state index in [9.17, 15) is 27.6 Å². The van der Waals surface area contributed by atoms with Gasteiger partial charge in [-0.2, -0.15) is 13.2 Å². The molecule has 16 heavy (non-hydrogen) atoms. The van der Waals surface area contributed by atoms with Crippen LogP contribution in [0.5, 0.6) is 0 Å². The smallest absolute Gasteiger partial charge is 0.467 e. The second-order valence-electron chi connectivity index (χ2n) is 2.61. The Morgan fingerprint density at radius 1 is 1.38 bits per heavy atom. The molecule has 0 saturated carbocycles. The van der Waals surface area contributed by atoms with Crippen molar-refractivity contribution in [1.29, 1.82) is 0 Å². The molecule has 0 bridgehead atoms. The fourth-order valence-electron chi connectivity index (χ4n) is 0.736. The topological polar surface area (TPSA) is 72.5 Å². The average Bonchev–Trinajstić information content (AvgIpc) is 2.13. The van der Waals surface area contributed by atoms with Crippen LogP contribution in [-0.2, 0) is 19.1 Å². The molecule has 0 aromatic carbocycles. The molecule has 0 aliphatic carbocycles. The molecule has 0 aromatic heterocycles. The maximum absolute atomic E-state index is 11.8. The first-order chi connectivity index (χ1) is 7.18. The van der Waals surface area contributed by atoms with Gasteiger partial charge in [-0.1, -0.05) is 0 Å². The zero-order valence-corrected chi connectivity index (χ0v) is 8.69. The monoisotopic (exact) mass is 261 g/mol. The lowest BCUT2D eigenvalue weighted by molar-refractivity contribution is -0.175. The molecule has 0 saturated heterocycles. The highest BCUT2D eigenvalue weighted by molar-refractivity contribution is 6.63. The van der Waals surface area contributed by atoms with Crippen LogP contribution in [0.4, 0.5) is 13.2 Å². The highest BCUT2D eigenvalue weighted by atomic mass is 35.5. The van der Waals surface area contributed by atoms with Crippen molar-refractivity contribution >= 4 is 28.7 Å². The number of rotatable bonds is 4. The van der Waals surface area contributed by atoms with E-state index in [1.165, 1.54) is 5.32 Å². The molecule has 0 aliphatic rings. The summed E-state index contributed by atoms with van der Waals surface area (Å²) in [6.07, 6.45) is -5.93. The highest BCUT2D eigenvalue weighted by Gasteiger charge is 2.41. The molecular weight excluding hydrogens is 255 g/mol. The summed E-state index contributed by atoms with van der Waals surface area (Å²) < 4.78 is 39.6. The second kappa shape index (κ2) is 5.69. The summed E-state index contributed by atoms with van der Waals surface area (Å²) in [6, 6.07) is -1.75. The first kappa shape index (κ1) is 14.7. The number of esters is 1. The number of alkyl halides is 3. The molecule has 0 radical (unpaired) electrons. The van der Waals surface area contributed by atoms with Gasteiger partial charge in [-0.05, 0) is 11.6 Å². The number of hydrogen-bond acceptors (Lipinski definition) is 4. The van der Waals surface area contributed by atoms with Gasteiger partial charge in [0.25, 0.3) is 0 Å². The summed E-state index contributed by atoms with van der Waals surface area (Å²) in [5.74, 6) is -3.53. The Kier molecular flexibility index (Phi) is 5.22. The molecule has 0 aromatic rings. The van der Waals surface area contributed by atoms with Crippen LogP contribution >= 0.6 is 11.6 Å². The molecule has 1 atom stereocenters. The second-order valence-corrected chi connectivity index (χ2v) is 3.03. The molecule has 9 heteroatoms. The lowest BCUT2D eigenvalue weighted by Crippen LogP contribution is -2.47. The predicted molar refractivity (Wildman–Crippen MR) is 45.5 cm³/mol. The molecule has 1 unspecified atom stereocenters. The lowest BCUT2D eigenvalue weighted by Gasteiger charge is -2.15. The van der Waals surface area contributed by atoms with Gasteiger partial charge < -0.3 is 10.1 Å². The largest absolute Gasteiger partial charge is 0.471 e. The van der Waals surface area contributed by atoms with Crippen LogP contribution < -0.4 is 5.32 Å². The summed E-state index contributed by atoms with van der Waals surface area (Å²) >= 11 is 4.89. The van der Waals surface area contributed by atoms with Gasteiger partial charge in [0.15, 0.2) is 0 Å². The summed E-state index contributed by atoms with van der Waals surface area (Å²) in [6.45, 7) is 0. The molecule has 1 N–H and O–H groups in total. The van der Waals surface area contributed by atoms with Crippen LogP contribution in [0, 0.1) is 0 Å². The van der Waals surface area contributed by atoms with Crippen molar-refractivity contribution < 1.29 is 32.3 Å². The molecule has 1 amide bonds. The van der Waals surface area contributed by atoms with E-state index in [1.54, 1.807) is 0 Å². The Hall–Kier alpha value is -1.31. The van der Waals surface area contributed by atoms with Crippen molar-refractivity contribution in [2.45, 2.75) is 18.6 Å². The minimum absolute atomic E-state index is 0.782. The van der Waals surface area contributed by atoms with Gasteiger partial charge in [0.1, 0.15) is 6.04 Å². The normalized spacial score (nSPS) is 12.8. The van der Waals surface area contributed by atoms with Crippen molar-refractivity contribution in [3.63, 3.8) is 0 Å². The molecular formula is C7H7ClF3NO4. The van der Waals surface area contributed by atoms with Crippen LogP contribution in [-0.4, -0.2) is 36.4 Å². The zero-order valence-electron chi connectivity index (χ0n) is 7.93. The van der Waals surface area contributed by atoms with Gasteiger partial charge in [0.05, 0.1) is 13.5 Å². The van der Waals surface area contributed by atoms with E-state index in [-0.39, 0.29) is 0 Å². The summed E-state index contributed by atoms with van der Waals surface area (Å²) in [7, 11) is 0.897. The Morgan fingerprint density at radius 3 is 2.19 bits per heavy atom. The molecule has 0 aliphatic heterocycles. The minimum Gasteiger partial charge on any atom is -0.467 e. The Morgan fingerprint density at radius 2 is 1.88 bits per heavy atom. The van der Waals surface area contributed by atoms with E-state index in [4.69, 9.17) is 11.6 Å². The minimum atomic E-state index is -5.15. The van der Waals surface area contributed by atoms with Crippen molar-refractivity contribution in [3.05, 3.63) is 0 Å². The molecule has 0 heterocycles. The third-order valence-corrected chi connectivity index (χ3v) is 1.57.